The Kier molecular flexibility index (Phi) is 5.44. The molecule has 1 heterocycles. The zero-order chi connectivity index (χ0) is 14.5. The second-order valence-corrected chi connectivity index (χ2v) is 6.19. The quantitative estimate of drug-likeness (QED) is 0.898. The molecule has 1 aliphatic rings. The average Bonchev–Trinajstić information content (AvgIpc) is 2.43. The molecular weight excluding hydrogens is 250 g/mol. The van der Waals surface area contributed by atoms with E-state index in [0.717, 1.165) is 31.3 Å². The highest BCUT2D eigenvalue weighted by molar-refractivity contribution is 5.33. The predicted molar refractivity (Wildman–Crippen MR) is 82.3 cm³/mol. The van der Waals surface area contributed by atoms with Crippen LogP contribution in [0.1, 0.15) is 30.9 Å². The highest BCUT2D eigenvalue weighted by atomic mass is 16.5. The van der Waals surface area contributed by atoms with E-state index in [1.807, 2.05) is 12.1 Å². The van der Waals surface area contributed by atoms with Crippen molar-refractivity contribution in [2.75, 3.05) is 26.2 Å². The van der Waals surface area contributed by atoms with Crippen molar-refractivity contribution < 1.29 is 9.84 Å². The molecule has 0 radical (unpaired) electrons. The van der Waals surface area contributed by atoms with Crippen molar-refractivity contribution in [1.29, 1.82) is 0 Å². The average molecular weight is 277 g/mol. The van der Waals surface area contributed by atoms with Gasteiger partial charge < -0.3 is 14.7 Å². The van der Waals surface area contributed by atoms with E-state index in [-0.39, 0.29) is 0 Å². The molecule has 1 unspecified atom stereocenters. The van der Waals surface area contributed by atoms with Crippen molar-refractivity contribution in [3.8, 4) is 5.75 Å². The number of hydrogen-bond donors (Lipinski definition) is 1. The van der Waals surface area contributed by atoms with E-state index >= 15 is 0 Å². The van der Waals surface area contributed by atoms with Crippen molar-refractivity contribution in [1.82, 2.24) is 4.90 Å². The number of aliphatic hydroxyl groups excluding tert-OH is 1. The van der Waals surface area contributed by atoms with Gasteiger partial charge in [0.15, 0.2) is 0 Å². The summed E-state index contributed by atoms with van der Waals surface area (Å²) in [6, 6.07) is 6.06. The summed E-state index contributed by atoms with van der Waals surface area (Å²) >= 11 is 0. The number of likely N-dealkylation sites (tertiary alicyclic amines) is 1. The summed E-state index contributed by atoms with van der Waals surface area (Å²) in [5, 5.41) is 10.1. The molecule has 1 N–H and O–H groups in total. The number of piperidine rings is 1. The molecule has 20 heavy (non-hydrogen) atoms. The van der Waals surface area contributed by atoms with Crippen LogP contribution in [0.15, 0.2) is 18.2 Å². The van der Waals surface area contributed by atoms with Crippen LogP contribution in [0.25, 0.3) is 0 Å². The van der Waals surface area contributed by atoms with Gasteiger partial charge in [0.1, 0.15) is 18.5 Å². The summed E-state index contributed by atoms with van der Waals surface area (Å²) in [4.78, 5) is 2.34. The summed E-state index contributed by atoms with van der Waals surface area (Å²) in [7, 11) is 0. The molecule has 1 aromatic carbocycles. The molecule has 3 heteroatoms. The minimum Gasteiger partial charge on any atom is -0.491 e. The van der Waals surface area contributed by atoms with Crippen LogP contribution in [-0.4, -0.2) is 42.4 Å². The van der Waals surface area contributed by atoms with E-state index in [0.29, 0.717) is 6.61 Å². The Morgan fingerprint density at radius 2 is 1.95 bits per heavy atom. The van der Waals surface area contributed by atoms with Crippen LogP contribution in [-0.2, 0) is 0 Å². The van der Waals surface area contributed by atoms with Gasteiger partial charge in [0.25, 0.3) is 0 Å². The van der Waals surface area contributed by atoms with Gasteiger partial charge >= 0.3 is 0 Å². The molecule has 0 aromatic heterocycles. The lowest BCUT2D eigenvalue weighted by atomic mass is 9.99. The summed E-state index contributed by atoms with van der Waals surface area (Å²) in [6.45, 7) is 9.76. The molecule has 3 nitrogen and oxygen atoms in total. The van der Waals surface area contributed by atoms with Gasteiger partial charge in [-0.15, -0.1) is 0 Å². The molecular formula is C17H27NO2. The summed E-state index contributed by atoms with van der Waals surface area (Å²) in [6.07, 6.45) is 2.07. The molecule has 1 fully saturated rings. The van der Waals surface area contributed by atoms with E-state index in [2.05, 4.69) is 31.7 Å². The van der Waals surface area contributed by atoms with E-state index in [1.165, 1.54) is 24.0 Å². The number of aryl methyl sites for hydroxylation is 2. The number of nitrogens with zero attached hydrogens (tertiary/aromatic N) is 1. The molecule has 0 aliphatic carbocycles. The SMILES string of the molecule is Cc1ccc(OCC(O)CN2CCC(C)CC2)cc1C. The first-order valence-electron chi connectivity index (χ1n) is 7.65. The maximum atomic E-state index is 10.1. The van der Waals surface area contributed by atoms with Gasteiger partial charge in [-0.2, -0.15) is 0 Å². The fourth-order valence-corrected chi connectivity index (χ4v) is 2.59. The van der Waals surface area contributed by atoms with E-state index in [9.17, 15) is 5.11 Å². The fourth-order valence-electron chi connectivity index (χ4n) is 2.59. The first kappa shape index (κ1) is 15.3. The minimum absolute atomic E-state index is 0.370. The third-order valence-electron chi connectivity index (χ3n) is 4.27. The number of rotatable bonds is 5. The standard InChI is InChI=1S/C17H27NO2/c1-13-6-8-18(9-7-13)11-16(19)12-20-17-5-4-14(2)15(3)10-17/h4-5,10,13,16,19H,6-9,11-12H2,1-3H3. The molecule has 1 aromatic rings. The second kappa shape index (κ2) is 7.09. The molecule has 0 spiro atoms. The van der Waals surface area contributed by atoms with Gasteiger partial charge in [-0.05, 0) is 69.0 Å². The van der Waals surface area contributed by atoms with Crippen molar-refractivity contribution in [2.24, 2.45) is 5.92 Å². The summed E-state index contributed by atoms with van der Waals surface area (Å²) < 4.78 is 5.69. The third-order valence-corrected chi connectivity index (χ3v) is 4.27. The van der Waals surface area contributed by atoms with Crippen molar-refractivity contribution >= 4 is 0 Å². The minimum atomic E-state index is -0.412. The second-order valence-electron chi connectivity index (χ2n) is 6.19. The number of aliphatic hydroxyl groups is 1. The van der Waals surface area contributed by atoms with Crippen LogP contribution in [0.3, 0.4) is 0 Å². The molecule has 1 aliphatic heterocycles. The number of benzene rings is 1. The van der Waals surface area contributed by atoms with Gasteiger partial charge in [0.05, 0.1) is 0 Å². The number of ether oxygens (including phenoxy) is 1. The van der Waals surface area contributed by atoms with Gasteiger partial charge in [0.2, 0.25) is 0 Å². The molecule has 1 saturated heterocycles. The lowest BCUT2D eigenvalue weighted by Gasteiger charge is -2.31. The van der Waals surface area contributed by atoms with E-state index < -0.39 is 6.10 Å². The Morgan fingerprint density at radius 3 is 2.60 bits per heavy atom. The maximum Gasteiger partial charge on any atom is 0.119 e. The largest absolute Gasteiger partial charge is 0.491 e. The van der Waals surface area contributed by atoms with Crippen LogP contribution in [0.2, 0.25) is 0 Å². The Morgan fingerprint density at radius 1 is 1.25 bits per heavy atom. The van der Waals surface area contributed by atoms with Gasteiger partial charge in [-0.3, -0.25) is 0 Å². The Bertz CT molecular complexity index is 425. The topological polar surface area (TPSA) is 32.7 Å². The lowest BCUT2D eigenvalue weighted by molar-refractivity contribution is 0.0563. The molecule has 2 rings (SSSR count). The van der Waals surface area contributed by atoms with Crippen LogP contribution in [0, 0.1) is 19.8 Å². The van der Waals surface area contributed by atoms with Crippen LogP contribution < -0.4 is 4.74 Å². The Balaban J connectivity index is 1.74. The van der Waals surface area contributed by atoms with Crippen molar-refractivity contribution in [3.05, 3.63) is 29.3 Å². The monoisotopic (exact) mass is 277 g/mol. The van der Waals surface area contributed by atoms with Crippen molar-refractivity contribution in [3.63, 3.8) is 0 Å². The molecule has 0 amide bonds. The van der Waals surface area contributed by atoms with Crippen molar-refractivity contribution in [2.45, 2.75) is 39.7 Å². The fraction of sp³-hybridized carbons (Fsp3) is 0.647. The molecule has 0 bridgehead atoms. The van der Waals surface area contributed by atoms with Crippen LogP contribution >= 0.6 is 0 Å². The molecule has 1 atom stereocenters. The van der Waals surface area contributed by atoms with Gasteiger partial charge in [-0.25, -0.2) is 0 Å². The maximum absolute atomic E-state index is 10.1. The third kappa shape index (κ3) is 4.50. The zero-order valence-corrected chi connectivity index (χ0v) is 12.9. The highest BCUT2D eigenvalue weighted by Crippen LogP contribution is 2.18. The first-order chi connectivity index (χ1) is 9.54. The normalized spacial score (nSPS) is 19.0. The van der Waals surface area contributed by atoms with E-state index in [4.69, 9.17) is 4.74 Å². The summed E-state index contributed by atoms with van der Waals surface area (Å²) in [5.74, 6) is 1.68. The molecule has 112 valence electrons. The van der Waals surface area contributed by atoms with Crippen LogP contribution in [0.5, 0.6) is 5.75 Å². The van der Waals surface area contributed by atoms with E-state index in [1.54, 1.807) is 0 Å². The zero-order valence-electron chi connectivity index (χ0n) is 12.9. The first-order valence-corrected chi connectivity index (χ1v) is 7.65. The smallest absolute Gasteiger partial charge is 0.119 e. The molecule has 0 saturated carbocycles. The Hall–Kier alpha value is -1.06. The predicted octanol–water partition coefficient (Wildman–Crippen LogP) is 2.78. The summed E-state index contributed by atoms with van der Waals surface area (Å²) in [5.41, 5.74) is 2.49. The lowest BCUT2D eigenvalue weighted by Crippen LogP contribution is -2.40. The number of β-amino-alcohol motifs (C(OH)–C–C–N with tert-alkyl or cyclic N) is 1. The van der Waals surface area contributed by atoms with Crippen LogP contribution in [0.4, 0.5) is 0 Å². The van der Waals surface area contributed by atoms with Gasteiger partial charge in [0, 0.05) is 6.54 Å². The number of hydrogen-bond acceptors (Lipinski definition) is 3. The van der Waals surface area contributed by atoms with Gasteiger partial charge in [-0.1, -0.05) is 13.0 Å². The highest BCUT2D eigenvalue weighted by Gasteiger charge is 2.18. The Labute approximate surface area is 122 Å².